The number of aliphatic carboxylic acids is 1. The van der Waals surface area contributed by atoms with Gasteiger partial charge >= 0.3 is 5.97 Å². The second kappa shape index (κ2) is 8.49. The van der Waals surface area contributed by atoms with E-state index in [1.807, 2.05) is 0 Å². The van der Waals surface area contributed by atoms with Gasteiger partial charge in [0, 0.05) is 25.0 Å². The number of nitriles is 1. The van der Waals surface area contributed by atoms with E-state index in [1.54, 1.807) is 16.8 Å². The highest BCUT2D eigenvalue weighted by molar-refractivity contribution is 7.89. The first-order valence-electron chi connectivity index (χ1n) is 10.9. The van der Waals surface area contributed by atoms with E-state index in [0.29, 0.717) is 41.8 Å². The zero-order valence-electron chi connectivity index (χ0n) is 18.5. The molecule has 3 N–H and O–H groups in total. The van der Waals surface area contributed by atoms with Crippen LogP contribution < -0.4 is 10.9 Å². The zero-order valence-corrected chi connectivity index (χ0v) is 19.3. The molecule has 2 aliphatic heterocycles. The number of aromatic amines is 1. The number of carboxylic acid groups (broad SMARTS) is 1. The Kier molecular flexibility index (Phi) is 5.59. The van der Waals surface area contributed by atoms with Crippen molar-refractivity contribution in [3.8, 4) is 6.07 Å². The van der Waals surface area contributed by atoms with Crippen LogP contribution in [0.4, 0.5) is 11.5 Å². The van der Waals surface area contributed by atoms with Crippen LogP contribution >= 0.6 is 0 Å². The van der Waals surface area contributed by atoms with Crippen LogP contribution in [0.1, 0.15) is 24.8 Å². The Hall–Kier alpha value is -3.73. The Balaban J connectivity index is 1.56. The maximum absolute atomic E-state index is 12.8. The van der Waals surface area contributed by atoms with Crippen LogP contribution in [-0.2, 0) is 31.6 Å². The van der Waals surface area contributed by atoms with E-state index in [-0.39, 0.29) is 29.2 Å². The highest BCUT2D eigenvalue weighted by atomic mass is 32.2. The summed E-state index contributed by atoms with van der Waals surface area (Å²) in [5, 5.41) is 26.6. The first kappa shape index (κ1) is 23.0. The number of ether oxygens (including phenoxy) is 1. The van der Waals surface area contributed by atoms with Crippen LogP contribution in [0.5, 0.6) is 0 Å². The Morgan fingerprint density at radius 2 is 2.20 bits per heavy atom. The molecule has 13 heteroatoms. The summed E-state index contributed by atoms with van der Waals surface area (Å²) in [5.41, 5.74) is 0.392. The van der Waals surface area contributed by atoms with Gasteiger partial charge in [0.15, 0.2) is 5.82 Å². The predicted molar refractivity (Wildman–Crippen MR) is 124 cm³/mol. The van der Waals surface area contributed by atoms with Crippen LogP contribution in [0.2, 0.25) is 0 Å². The van der Waals surface area contributed by atoms with Gasteiger partial charge in [0.05, 0.1) is 35.0 Å². The number of H-pyrrole nitrogens is 1. The van der Waals surface area contributed by atoms with Crippen molar-refractivity contribution in [3.05, 3.63) is 46.4 Å². The number of pyridine rings is 1. The van der Waals surface area contributed by atoms with E-state index in [0.717, 1.165) is 10.7 Å². The van der Waals surface area contributed by atoms with E-state index in [9.17, 15) is 23.3 Å². The number of rotatable bonds is 6. The maximum Gasteiger partial charge on any atom is 0.318 e. The fourth-order valence-corrected chi connectivity index (χ4v) is 6.33. The Morgan fingerprint density at radius 3 is 2.91 bits per heavy atom. The topological polar surface area (TPSA) is 170 Å². The number of nitrogens with zero attached hydrogens (tertiary/aromatic N) is 4. The molecule has 2 aromatic heterocycles. The Labute approximate surface area is 199 Å². The fourth-order valence-electron chi connectivity index (χ4n) is 4.77. The maximum atomic E-state index is 12.8. The van der Waals surface area contributed by atoms with E-state index in [2.05, 4.69) is 21.5 Å². The summed E-state index contributed by atoms with van der Waals surface area (Å²) in [6.07, 6.45) is 3.10. The summed E-state index contributed by atoms with van der Waals surface area (Å²) in [7, 11) is -3.89. The number of aromatic nitrogens is 3. The number of hydrogen-bond donors (Lipinski definition) is 3. The number of carbonyl (C=O) groups is 1. The average Bonchev–Trinajstić information content (AvgIpc) is 3.30. The molecule has 4 heterocycles. The molecule has 0 radical (unpaired) electrons. The van der Waals surface area contributed by atoms with Crippen LogP contribution in [0.25, 0.3) is 10.9 Å². The van der Waals surface area contributed by atoms with Gasteiger partial charge in [-0.2, -0.15) is 14.7 Å². The Bertz CT molecular complexity index is 1530. The molecule has 1 fully saturated rings. The number of anilines is 2. The number of sulfonamides is 1. The van der Waals surface area contributed by atoms with Crippen molar-refractivity contribution in [1.29, 1.82) is 5.26 Å². The fraction of sp³-hybridized carbons (Fsp3) is 0.364. The largest absolute Gasteiger partial charge is 0.480 e. The second-order valence-corrected chi connectivity index (χ2v) is 10.6. The molecule has 1 atom stereocenters. The predicted octanol–water partition coefficient (Wildman–Crippen LogP) is 1.48. The van der Waals surface area contributed by atoms with Gasteiger partial charge in [-0.3, -0.25) is 14.3 Å². The molecule has 182 valence electrons. The molecule has 2 aliphatic rings. The van der Waals surface area contributed by atoms with Gasteiger partial charge in [0.2, 0.25) is 10.0 Å². The lowest BCUT2D eigenvalue weighted by Gasteiger charge is -2.35. The summed E-state index contributed by atoms with van der Waals surface area (Å²) in [5.74, 6) is -0.984. The molecule has 0 bridgehead atoms. The van der Waals surface area contributed by atoms with Crippen molar-refractivity contribution in [2.45, 2.75) is 36.2 Å². The lowest BCUT2D eigenvalue weighted by molar-refractivity contribution is -0.137. The van der Waals surface area contributed by atoms with Crippen molar-refractivity contribution in [1.82, 2.24) is 19.1 Å². The molecule has 0 spiro atoms. The quantitative estimate of drug-likeness (QED) is 0.455. The second-order valence-electron chi connectivity index (χ2n) is 8.66. The number of benzene rings is 1. The molecule has 0 amide bonds. The standard InChI is InChI=1S/C22H22N6O6S/c23-7-6-22(5-1-9-34-13-22)28-16-4-8-24-21(31)19(16)20(26-28)25-15-2-3-17-14(10-15)11-27(12-18(29)30)35(17,32)33/h2-4,8,10H,1,5-6,9,11-13H2,(H,24,31)(H,25,26)(H,29,30)/t22-/m0/s1. The first-order chi connectivity index (χ1) is 16.7. The highest BCUT2D eigenvalue weighted by Gasteiger charge is 2.38. The molecular weight excluding hydrogens is 476 g/mol. The van der Waals surface area contributed by atoms with Crippen molar-refractivity contribution in [3.63, 3.8) is 0 Å². The van der Waals surface area contributed by atoms with Gasteiger partial charge in [-0.1, -0.05) is 0 Å². The van der Waals surface area contributed by atoms with Gasteiger partial charge in [-0.25, -0.2) is 8.42 Å². The molecular formula is C22H22N6O6S. The molecule has 1 aromatic carbocycles. The third kappa shape index (κ3) is 3.85. The normalized spacial score (nSPS) is 21.5. The number of nitrogens with one attached hydrogen (secondary N) is 2. The minimum atomic E-state index is -3.89. The van der Waals surface area contributed by atoms with Gasteiger partial charge in [-0.15, -0.1) is 0 Å². The molecule has 35 heavy (non-hydrogen) atoms. The first-order valence-corrected chi connectivity index (χ1v) is 12.4. The third-order valence-electron chi connectivity index (χ3n) is 6.36. The van der Waals surface area contributed by atoms with E-state index < -0.39 is 28.1 Å². The van der Waals surface area contributed by atoms with E-state index in [4.69, 9.17) is 9.84 Å². The van der Waals surface area contributed by atoms with E-state index in [1.165, 1.54) is 18.3 Å². The van der Waals surface area contributed by atoms with Crippen molar-refractivity contribution >= 4 is 38.4 Å². The molecule has 5 rings (SSSR count). The van der Waals surface area contributed by atoms with Gasteiger partial charge in [0.25, 0.3) is 5.56 Å². The Morgan fingerprint density at radius 1 is 1.37 bits per heavy atom. The zero-order chi connectivity index (χ0) is 24.8. The smallest absolute Gasteiger partial charge is 0.318 e. The lowest BCUT2D eigenvalue weighted by Crippen LogP contribution is -2.42. The summed E-state index contributed by atoms with van der Waals surface area (Å²) in [6.45, 7) is 0.180. The van der Waals surface area contributed by atoms with Gasteiger partial charge in [-0.05, 0) is 42.7 Å². The number of hydrogen-bond acceptors (Lipinski definition) is 8. The van der Waals surface area contributed by atoms with Crippen molar-refractivity contribution < 1.29 is 23.1 Å². The van der Waals surface area contributed by atoms with Crippen LogP contribution in [0, 0.1) is 11.3 Å². The molecule has 12 nitrogen and oxygen atoms in total. The average molecular weight is 499 g/mol. The molecule has 0 unspecified atom stereocenters. The highest BCUT2D eigenvalue weighted by Crippen LogP contribution is 2.37. The molecule has 1 saturated heterocycles. The van der Waals surface area contributed by atoms with Crippen LogP contribution in [0.15, 0.2) is 40.2 Å². The summed E-state index contributed by atoms with van der Waals surface area (Å²) in [4.78, 5) is 26.5. The summed E-state index contributed by atoms with van der Waals surface area (Å²) >= 11 is 0. The number of carboxylic acids is 1. The minimum Gasteiger partial charge on any atom is -0.480 e. The van der Waals surface area contributed by atoms with Crippen LogP contribution in [-0.4, -0.2) is 58.3 Å². The van der Waals surface area contributed by atoms with Crippen molar-refractivity contribution in [2.24, 2.45) is 0 Å². The number of fused-ring (bicyclic) bond motifs is 2. The molecule has 3 aromatic rings. The van der Waals surface area contributed by atoms with Gasteiger partial charge in [0.1, 0.15) is 11.9 Å². The molecule has 0 aliphatic carbocycles. The van der Waals surface area contributed by atoms with E-state index >= 15 is 0 Å². The minimum absolute atomic E-state index is 0.0462. The molecule has 0 saturated carbocycles. The third-order valence-corrected chi connectivity index (χ3v) is 8.25. The van der Waals surface area contributed by atoms with Crippen molar-refractivity contribution in [2.75, 3.05) is 25.1 Å². The SMILES string of the molecule is N#CC[C@@]1(n2nc(Nc3ccc4c(c3)CN(CC(=O)O)S4(=O)=O)c3c(=O)[nH]ccc32)CCCOC1. The van der Waals surface area contributed by atoms with Crippen LogP contribution in [0.3, 0.4) is 0 Å². The summed E-state index contributed by atoms with van der Waals surface area (Å²) in [6, 6.07) is 8.49. The lowest BCUT2D eigenvalue weighted by atomic mass is 9.89. The van der Waals surface area contributed by atoms with Gasteiger partial charge < -0.3 is 20.1 Å². The summed E-state index contributed by atoms with van der Waals surface area (Å²) < 4.78 is 33.5. The monoisotopic (exact) mass is 498 g/mol.